The maximum atomic E-state index is 5.37. The Balaban J connectivity index is 1.58. The van der Waals surface area contributed by atoms with Crippen molar-refractivity contribution in [2.75, 3.05) is 46.4 Å². The van der Waals surface area contributed by atoms with E-state index in [-0.39, 0.29) is 0 Å². The Kier molecular flexibility index (Phi) is 8.49. The SMILES string of the molecule is CN=C(NCCCCN1CCOCC1)NCc1nc(C(C)C)cs1. The maximum absolute atomic E-state index is 5.37. The fraction of sp³-hybridized carbons (Fsp3) is 0.765. The fourth-order valence-electron chi connectivity index (χ4n) is 2.54. The highest BCUT2D eigenvalue weighted by Gasteiger charge is 2.09. The molecule has 1 aliphatic heterocycles. The molecule has 0 spiro atoms. The Labute approximate surface area is 149 Å². The molecule has 2 heterocycles. The van der Waals surface area contributed by atoms with Gasteiger partial charge in [-0.3, -0.25) is 9.89 Å². The third kappa shape index (κ3) is 6.75. The number of rotatable bonds is 8. The first kappa shape index (κ1) is 19.1. The smallest absolute Gasteiger partial charge is 0.191 e. The number of guanidine groups is 1. The number of aromatic nitrogens is 1. The van der Waals surface area contributed by atoms with Gasteiger partial charge in [0.25, 0.3) is 0 Å². The van der Waals surface area contributed by atoms with E-state index in [1.54, 1.807) is 11.3 Å². The van der Waals surface area contributed by atoms with Gasteiger partial charge >= 0.3 is 0 Å². The largest absolute Gasteiger partial charge is 0.379 e. The molecule has 2 N–H and O–H groups in total. The van der Waals surface area contributed by atoms with Gasteiger partial charge in [-0.05, 0) is 25.3 Å². The lowest BCUT2D eigenvalue weighted by Crippen LogP contribution is -2.38. The summed E-state index contributed by atoms with van der Waals surface area (Å²) in [6, 6.07) is 0. The van der Waals surface area contributed by atoms with Crippen molar-refractivity contribution in [2.24, 2.45) is 4.99 Å². The van der Waals surface area contributed by atoms with E-state index in [2.05, 4.69) is 44.7 Å². The standard InChI is InChI=1S/C17H31N5OS/c1-14(2)15-13-24-16(21-15)12-20-17(18-3)19-6-4-5-7-22-8-10-23-11-9-22/h13-14H,4-12H2,1-3H3,(H2,18,19,20). The second kappa shape index (κ2) is 10.6. The van der Waals surface area contributed by atoms with Crippen LogP contribution in [0.3, 0.4) is 0 Å². The molecular weight excluding hydrogens is 322 g/mol. The predicted molar refractivity (Wildman–Crippen MR) is 101 cm³/mol. The van der Waals surface area contributed by atoms with Crippen LogP contribution in [0.25, 0.3) is 0 Å². The molecule has 0 radical (unpaired) electrons. The average Bonchev–Trinajstić information content (AvgIpc) is 3.07. The van der Waals surface area contributed by atoms with Crippen LogP contribution >= 0.6 is 11.3 Å². The van der Waals surface area contributed by atoms with Crippen molar-refractivity contribution in [2.45, 2.75) is 39.2 Å². The minimum absolute atomic E-state index is 0.485. The molecule has 1 fully saturated rings. The second-order valence-electron chi connectivity index (χ2n) is 6.33. The minimum atomic E-state index is 0.485. The third-order valence-corrected chi connectivity index (χ3v) is 4.96. The van der Waals surface area contributed by atoms with Crippen molar-refractivity contribution in [1.82, 2.24) is 20.5 Å². The summed E-state index contributed by atoms with van der Waals surface area (Å²) in [7, 11) is 1.81. The molecular formula is C17H31N5OS. The van der Waals surface area contributed by atoms with Gasteiger partial charge in [-0.15, -0.1) is 11.3 Å². The van der Waals surface area contributed by atoms with E-state index in [1.807, 2.05) is 7.05 Å². The Morgan fingerprint density at radius 2 is 2.12 bits per heavy atom. The quantitative estimate of drug-likeness (QED) is 0.425. The van der Waals surface area contributed by atoms with E-state index in [0.29, 0.717) is 5.92 Å². The van der Waals surface area contributed by atoms with Crippen LogP contribution in [0.5, 0.6) is 0 Å². The van der Waals surface area contributed by atoms with Crippen LogP contribution in [0.4, 0.5) is 0 Å². The number of morpholine rings is 1. The van der Waals surface area contributed by atoms with Crippen LogP contribution in [-0.2, 0) is 11.3 Å². The van der Waals surface area contributed by atoms with Gasteiger partial charge in [0.1, 0.15) is 5.01 Å². The highest BCUT2D eigenvalue weighted by atomic mass is 32.1. The van der Waals surface area contributed by atoms with Crippen LogP contribution in [-0.4, -0.2) is 62.3 Å². The zero-order chi connectivity index (χ0) is 17.2. The molecule has 6 nitrogen and oxygen atoms in total. The van der Waals surface area contributed by atoms with Crippen LogP contribution < -0.4 is 10.6 Å². The van der Waals surface area contributed by atoms with E-state index < -0.39 is 0 Å². The molecule has 24 heavy (non-hydrogen) atoms. The third-order valence-electron chi connectivity index (χ3n) is 4.09. The van der Waals surface area contributed by atoms with Crippen LogP contribution in [0.15, 0.2) is 10.4 Å². The fourth-order valence-corrected chi connectivity index (χ4v) is 3.44. The Hall–Kier alpha value is -1.18. The van der Waals surface area contributed by atoms with Crippen LogP contribution in [0, 0.1) is 0 Å². The van der Waals surface area contributed by atoms with Gasteiger partial charge in [-0.1, -0.05) is 13.8 Å². The summed E-state index contributed by atoms with van der Waals surface area (Å²) in [6.07, 6.45) is 2.35. The van der Waals surface area contributed by atoms with E-state index >= 15 is 0 Å². The zero-order valence-electron chi connectivity index (χ0n) is 15.2. The van der Waals surface area contributed by atoms with Gasteiger partial charge in [-0.2, -0.15) is 0 Å². The Bertz CT molecular complexity index is 497. The molecule has 1 aromatic rings. The average molecular weight is 354 g/mol. The van der Waals surface area contributed by atoms with Gasteiger partial charge in [0, 0.05) is 32.1 Å². The second-order valence-corrected chi connectivity index (χ2v) is 7.28. The highest BCUT2D eigenvalue weighted by molar-refractivity contribution is 7.09. The van der Waals surface area contributed by atoms with E-state index in [4.69, 9.17) is 4.74 Å². The van der Waals surface area contributed by atoms with Crippen LogP contribution in [0.1, 0.15) is 43.3 Å². The lowest BCUT2D eigenvalue weighted by molar-refractivity contribution is 0.0372. The number of nitrogens with one attached hydrogen (secondary N) is 2. The Morgan fingerprint density at radius 3 is 2.79 bits per heavy atom. The number of hydrogen-bond donors (Lipinski definition) is 2. The molecule has 1 aromatic heterocycles. The molecule has 2 rings (SSSR count). The molecule has 1 saturated heterocycles. The van der Waals surface area contributed by atoms with Gasteiger partial charge in [0.2, 0.25) is 0 Å². The van der Waals surface area contributed by atoms with Gasteiger partial charge < -0.3 is 15.4 Å². The van der Waals surface area contributed by atoms with Crippen molar-refractivity contribution in [3.8, 4) is 0 Å². The summed E-state index contributed by atoms with van der Waals surface area (Å²) in [6.45, 7) is 11.1. The molecule has 7 heteroatoms. The molecule has 0 bridgehead atoms. The predicted octanol–water partition coefficient (Wildman–Crippen LogP) is 2.04. The molecule has 1 aliphatic rings. The summed E-state index contributed by atoms with van der Waals surface area (Å²) in [4.78, 5) is 11.4. The van der Waals surface area contributed by atoms with Crippen molar-refractivity contribution >= 4 is 17.3 Å². The van der Waals surface area contributed by atoms with Crippen molar-refractivity contribution < 1.29 is 4.74 Å². The molecule has 0 aliphatic carbocycles. The number of unbranched alkanes of at least 4 members (excludes halogenated alkanes) is 1. The lowest BCUT2D eigenvalue weighted by atomic mass is 10.2. The van der Waals surface area contributed by atoms with Gasteiger partial charge in [0.15, 0.2) is 5.96 Å². The summed E-state index contributed by atoms with van der Waals surface area (Å²) >= 11 is 1.71. The first-order chi connectivity index (χ1) is 11.7. The van der Waals surface area contributed by atoms with E-state index in [9.17, 15) is 0 Å². The van der Waals surface area contributed by atoms with E-state index in [0.717, 1.165) is 63.3 Å². The Morgan fingerprint density at radius 1 is 1.33 bits per heavy atom. The molecule has 0 saturated carbocycles. The summed E-state index contributed by atoms with van der Waals surface area (Å²) in [5, 5.41) is 9.97. The summed E-state index contributed by atoms with van der Waals surface area (Å²) in [5.41, 5.74) is 1.17. The first-order valence-corrected chi connectivity index (χ1v) is 9.76. The molecule has 0 aromatic carbocycles. The number of aliphatic imine (C=N–C) groups is 1. The monoisotopic (exact) mass is 353 g/mol. The number of nitrogens with zero attached hydrogens (tertiary/aromatic N) is 3. The van der Waals surface area contributed by atoms with E-state index in [1.165, 1.54) is 12.1 Å². The first-order valence-electron chi connectivity index (χ1n) is 8.88. The van der Waals surface area contributed by atoms with Crippen molar-refractivity contribution in [3.05, 3.63) is 16.1 Å². The van der Waals surface area contributed by atoms with Crippen LogP contribution in [0.2, 0.25) is 0 Å². The molecule has 0 unspecified atom stereocenters. The lowest BCUT2D eigenvalue weighted by Gasteiger charge is -2.26. The molecule has 0 amide bonds. The molecule has 136 valence electrons. The van der Waals surface area contributed by atoms with Gasteiger partial charge in [-0.25, -0.2) is 4.98 Å². The topological polar surface area (TPSA) is 61.8 Å². The summed E-state index contributed by atoms with van der Waals surface area (Å²) in [5.74, 6) is 1.33. The van der Waals surface area contributed by atoms with Gasteiger partial charge in [0.05, 0.1) is 25.5 Å². The van der Waals surface area contributed by atoms with Crippen molar-refractivity contribution in [1.29, 1.82) is 0 Å². The minimum Gasteiger partial charge on any atom is -0.379 e. The maximum Gasteiger partial charge on any atom is 0.191 e. The normalized spacial score (nSPS) is 16.6. The molecule has 0 atom stereocenters. The number of hydrogen-bond acceptors (Lipinski definition) is 5. The number of thiazole rings is 1. The summed E-state index contributed by atoms with van der Waals surface area (Å²) < 4.78 is 5.37. The van der Waals surface area contributed by atoms with Crippen molar-refractivity contribution in [3.63, 3.8) is 0 Å². The zero-order valence-corrected chi connectivity index (χ0v) is 16.0. The number of ether oxygens (including phenoxy) is 1. The highest BCUT2D eigenvalue weighted by Crippen LogP contribution is 2.17.